The predicted octanol–water partition coefficient (Wildman–Crippen LogP) is 3.57. The quantitative estimate of drug-likeness (QED) is 0.514. The molecule has 1 aromatic heterocycles. The van der Waals surface area contributed by atoms with Crippen molar-refractivity contribution >= 4 is 11.6 Å². The number of aryl methyl sites for hydroxylation is 1. The summed E-state index contributed by atoms with van der Waals surface area (Å²) in [6.45, 7) is 6.05. The van der Waals surface area contributed by atoms with Gasteiger partial charge in [-0.05, 0) is 42.8 Å². The van der Waals surface area contributed by atoms with Gasteiger partial charge in [-0.15, -0.1) is 0 Å². The number of ether oxygens (including phenoxy) is 3. The number of aliphatic hydroxyl groups is 1. The van der Waals surface area contributed by atoms with Crippen LogP contribution in [0.3, 0.4) is 0 Å². The minimum atomic E-state index is -1.12. The number of benzene rings is 2. The predicted molar refractivity (Wildman–Crippen MR) is 127 cm³/mol. The molecule has 0 radical (unpaired) electrons. The Morgan fingerprint density at radius 2 is 1.97 bits per heavy atom. The van der Waals surface area contributed by atoms with E-state index in [-0.39, 0.29) is 13.2 Å². The van der Waals surface area contributed by atoms with Crippen LogP contribution in [-0.4, -0.2) is 64.7 Å². The summed E-state index contributed by atoms with van der Waals surface area (Å²) in [5, 5.41) is 11.8. The fraction of sp³-hybridized carbons (Fsp3) is 0.400. The molecule has 0 saturated carbocycles. The van der Waals surface area contributed by atoms with E-state index in [4.69, 9.17) is 25.8 Å². The number of hydrogen-bond acceptors (Lipinski definition) is 6. The molecular weight excluding hydrogens is 442 g/mol. The lowest BCUT2D eigenvalue weighted by Crippen LogP contribution is -2.48. The Morgan fingerprint density at radius 1 is 1.15 bits per heavy atom. The first-order valence-corrected chi connectivity index (χ1v) is 11.5. The van der Waals surface area contributed by atoms with E-state index in [0.717, 1.165) is 30.2 Å². The molecule has 4 rings (SSSR count). The summed E-state index contributed by atoms with van der Waals surface area (Å²) in [7, 11) is 0. The summed E-state index contributed by atoms with van der Waals surface area (Å²) < 4.78 is 19.5. The zero-order valence-electron chi connectivity index (χ0n) is 18.8. The molecule has 1 atom stereocenters. The van der Waals surface area contributed by atoms with Crippen LogP contribution in [0.15, 0.2) is 60.9 Å². The molecule has 0 amide bonds. The number of imidazole rings is 1. The zero-order chi connectivity index (χ0) is 23.1. The van der Waals surface area contributed by atoms with Crippen molar-refractivity contribution in [2.75, 3.05) is 39.5 Å². The van der Waals surface area contributed by atoms with E-state index in [0.29, 0.717) is 37.1 Å². The SMILES string of the molecule is Cc1nccn1CCOc1cccc(CN2CCOC[C@](O)(COc3cccc(Cl)c3)C2)c1. The van der Waals surface area contributed by atoms with Crippen molar-refractivity contribution in [2.45, 2.75) is 25.6 Å². The topological polar surface area (TPSA) is 69.0 Å². The summed E-state index contributed by atoms with van der Waals surface area (Å²) in [6.07, 6.45) is 3.75. The van der Waals surface area contributed by atoms with E-state index in [1.165, 1.54) is 0 Å². The molecule has 0 bridgehead atoms. The highest BCUT2D eigenvalue weighted by Gasteiger charge is 2.33. The van der Waals surface area contributed by atoms with Crippen LogP contribution < -0.4 is 9.47 Å². The van der Waals surface area contributed by atoms with Crippen molar-refractivity contribution < 1.29 is 19.3 Å². The van der Waals surface area contributed by atoms with E-state index in [1.54, 1.807) is 18.3 Å². The summed E-state index contributed by atoms with van der Waals surface area (Å²) in [5.41, 5.74) is 0.00148. The molecule has 0 spiro atoms. The first kappa shape index (κ1) is 23.6. The fourth-order valence-corrected chi connectivity index (χ4v) is 4.07. The maximum absolute atomic E-state index is 11.2. The summed E-state index contributed by atoms with van der Waals surface area (Å²) >= 11 is 6.03. The van der Waals surface area contributed by atoms with E-state index >= 15 is 0 Å². The monoisotopic (exact) mass is 471 g/mol. The Bertz CT molecular complexity index is 1040. The van der Waals surface area contributed by atoms with Gasteiger partial charge in [0.05, 0.1) is 19.8 Å². The average molecular weight is 472 g/mol. The Morgan fingerprint density at radius 3 is 2.76 bits per heavy atom. The number of β-amino-alcohol motifs (C(OH)–C–C–N with tert-alkyl or cyclic N) is 1. The van der Waals surface area contributed by atoms with Crippen molar-refractivity contribution in [3.05, 3.63) is 77.3 Å². The van der Waals surface area contributed by atoms with Gasteiger partial charge in [-0.2, -0.15) is 0 Å². The summed E-state index contributed by atoms with van der Waals surface area (Å²) in [5.74, 6) is 2.43. The molecule has 1 aliphatic heterocycles. The second-order valence-corrected chi connectivity index (χ2v) is 8.83. The minimum Gasteiger partial charge on any atom is -0.492 e. The Kier molecular flexibility index (Phi) is 7.88. The lowest BCUT2D eigenvalue weighted by Gasteiger charge is -2.30. The number of hydrogen-bond donors (Lipinski definition) is 1. The van der Waals surface area contributed by atoms with Gasteiger partial charge < -0.3 is 23.9 Å². The molecule has 0 aliphatic carbocycles. The summed E-state index contributed by atoms with van der Waals surface area (Å²) in [4.78, 5) is 6.41. The normalized spacial score (nSPS) is 19.2. The summed E-state index contributed by atoms with van der Waals surface area (Å²) in [6, 6.07) is 15.2. The highest BCUT2D eigenvalue weighted by molar-refractivity contribution is 6.30. The number of aromatic nitrogens is 2. The molecular formula is C25H30ClN3O4. The molecule has 33 heavy (non-hydrogen) atoms. The van der Waals surface area contributed by atoms with Crippen molar-refractivity contribution in [3.63, 3.8) is 0 Å². The van der Waals surface area contributed by atoms with Crippen molar-refractivity contribution in [1.82, 2.24) is 14.5 Å². The lowest BCUT2D eigenvalue weighted by molar-refractivity contribution is -0.0646. The molecule has 1 aliphatic rings. The smallest absolute Gasteiger partial charge is 0.134 e. The van der Waals surface area contributed by atoms with Gasteiger partial charge in [0.25, 0.3) is 0 Å². The van der Waals surface area contributed by atoms with Crippen LogP contribution in [0.1, 0.15) is 11.4 Å². The first-order valence-electron chi connectivity index (χ1n) is 11.1. The van der Waals surface area contributed by atoms with Crippen molar-refractivity contribution in [2.24, 2.45) is 0 Å². The largest absolute Gasteiger partial charge is 0.492 e. The molecule has 1 N–H and O–H groups in total. The number of nitrogens with zero attached hydrogens (tertiary/aromatic N) is 3. The van der Waals surface area contributed by atoms with E-state index in [9.17, 15) is 5.11 Å². The molecule has 8 heteroatoms. The van der Waals surface area contributed by atoms with Crippen molar-refractivity contribution in [3.8, 4) is 11.5 Å². The molecule has 2 heterocycles. The van der Waals surface area contributed by atoms with Gasteiger partial charge >= 0.3 is 0 Å². The van der Waals surface area contributed by atoms with Gasteiger partial charge in [0, 0.05) is 37.1 Å². The molecule has 2 aromatic carbocycles. The molecule has 1 fully saturated rings. The molecule has 0 unspecified atom stereocenters. The van der Waals surface area contributed by atoms with Gasteiger partial charge in [-0.25, -0.2) is 4.98 Å². The van der Waals surface area contributed by atoms with Crippen LogP contribution in [-0.2, 0) is 17.8 Å². The lowest BCUT2D eigenvalue weighted by atomic mass is 10.1. The maximum atomic E-state index is 11.2. The first-order chi connectivity index (χ1) is 16.0. The Hall–Kier alpha value is -2.58. The van der Waals surface area contributed by atoms with Crippen molar-refractivity contribution in [1.29, 1.82) is 0 Å². The Balaban J connectivity index is 1.32. The van der Waals surface area contributed by atoms with Crippen LogP contribution in [0.4, 0.5) is 0 Å². The van der Waals surface area contributed by atoms with Gasteiger partial charge in [0.2, 0.25) is 0 Å². The van der Waals surface area contributed by atoms with Gasteiger partial charge in [0.1, 0.15) is 36.1 Å². The van der Waals surface area contributed by atoms with E-state index in [2.05, 4.69) is 20.5 Å². The fourth-order valence-electron chi connectivity index (χ4n) is 3.89. The second kappa shape index (κ2) is 11.0. The van der Waals surface area contributed by atoms with Crippen LogP contribution in [0.25, 0.3) is 0 Å². The van der Waals surface area contributed by atoms with Crippen LogP contribution in [0.5, 0.6) is 11.5 Å². The average Bonchev–Trinajstić information content (AvgIpc) is 3.10. The molecule has 3 aromatic rings. The molecule has 176 valence electrons. The number of halogens is 1. The van der Waals surface area contributed by atoms with Crippen LogP contribution >= 0.6 is 11.6 Å². The molecule has 7 nitrogen and oxygen atoms in total. The maximum Gasteiger partial charge on any atom is 0.134 e. The van der Waals surface area contributed by atoms with Crippen LogP contribution in [0.2, 0.25) is 5.02 Å². The van der Waals surface area contributed by atoms with Gasteiger partial charge in [0.15, 0.2) is 0 Å². The third-order valence-corrected chi connectivity index (χ3v) is 5.81. The van der Waals surface area contributed by atoms with E-state index < -0.39 is 5.60 Å². The third kappa shape index (κ3) is 6.95. The number of rotatable bonds is 9. The standard InChI is InChI=1S/C25H30ClN3O4/c1-20-27-8-9-29(20)11-13-32-23-6-2-4-21(14-23)16-28-10-12-31-18-25(30,17-28)19-33-24-7-3-5-22(26)15-24/h2-9,14-15,30H,10-13,16-19H2,1H3/t25-/m0/s1. The highest BCUT2D eigenvalue weighted by Crippen LogP contribution is 2.22. The van der Waals surface area contributed by atoms with Gasteiger partial charge in [-0.1, -0.05) is 29.8 Å². The second-order valence-electron chi connectivity index (χ2n) is 8.40. The third-order valence-electron chi connectivity index (χ3n) is 5.57. The highest BCUT2D eigenvalue weighted by atomic mass is 35.5. The van der Waals surface area contributed by atoms with E-state index in [1.807, 2.05) is 43.5 Å². The molecule has 1 saturated heterocycles. The van der Waals surface area contributed by atoms with Gasteiger partial charge in [-0.3, -0.25) is 4.90 Å². The minimum absolute atomic E-state index is 0.126. The Labute approximate surface area is 199 Å². The zero-order valence-corrected chi connectivity index (χ0v) is 19.6. The van der Waals surface area contributed by atoms with Crippen LogP contribution in [0, 0.1) is 6.92 Å².